The first-order valence-electron chi connectivity index (χ1n) is 4.71. The van der Waals surface area contributed by atoms with Crippen molar-refractivity contribution in [3.8, 4) is 11.1 Å². The fourth-order valence-corrected chi connectivity index (χ4v) is 2.59. The van der Waals surface area contributed by atoms with Crippen molar-refractivity contribution >= 4 is 38.5 Å². The molecule has 0 aliphatic rings. The summed E-state index contributed by atoms with van der Waals surface area (Å²) in [7, 11) is 0. The van der Waals surface area contributed by atoms with Crippen molar-refractivity contribution in [3.05, 3.63) is 57.7 Å². The summed E-state index contributed by atoms with van der Waals surface area (Å²) in [6.07, 6.45) is 0. The molecule has 0 fully saturated rings. The van der Waals surface area contributed by atoms with E-state index in [1.54, 1.807) is 0 Å². The van der Waals surface area contributed by atoms with Gasteiger partial charge in [-0.05, 0) is 51.4 Å². The predicted molar refractivity (Wildman–Crippen MR) is 77.2 cm³/mol. The summed E-state index contributed by atoms with van der Waals surface area (Å²) < 4.78 is 1.28. The molecule has 76 valence electrons. The van der Waals surface area contributed by atoms with Gasteiger partial charge in [0.2, 0.25) is 0 Å². The maximum Gasteiger partial charge on any atom is 0.0289 e. The second-order valence-corrected chi connectivity index (χ2v) is 5.11. The number of halogens is 2. The second-order valence-electron chi connectivity index (χ2n) is 3.30. The minimum Gasteiger partial charge on any atom is -0.0876 e. The first kappa shape index (κ1) is 11.1. The van der Waals surface area contributed by atoms with E-state index in [1.165, 1.54) is 20.3 Å². The molecule has 2 rings (SSSR count). The third-order valence-corrected chi connectivity index (χ3v) is 3.57. The number of benzene rings is 2. The lowest BCUT2D eigenvalue weighted by molar-refractivity contribution is 1.41. The summed E-state index contributed by atoms with van der Waals surface area (Å²) in [4.78, 5) is 0. The highest BCUT2D eigenvalue weighted by Gasteiger charge is 2.03. The molecule has 0 aliphatic carbocycles. The minimum atomic E-state index is 0.897. The van der Waals surface area contributed by atoms with E-state index in [9.17, 15) is 0 Å². The van der Waals surface area contributed by atoms with Crippen LogP contribution in [-0.2, 0) is 5.33 Å². The molecule has 0 saturated heterocycles. The number of hydrogen-bond acceptors (Lipinski definition) is 0. The fourth-order valence-electron chi connectivity index (χ4n) is 1.57. The van der Waals surface area contributed by atoms with Crippen molar-refractivity contribution in [2.24, 2.45) is 0 Å². The molecule has 15 heavy (non-hydrogen) atoms. The molecule has 0 aromatic heterocycles. The molecule has 0 aliphatic heterocycles. The highest BCUT2D eigenvalue weighted by molar-refractivity contribution is 14.1. The van der Waals surface area contributed by atoms with Gasteiger partial charge >= 0.3 is 0 Å². The molecule has 0 N–H and O–H groups in total. The average Bonchev–Trinajstić information content (AvgIpc) is 2.30. The highest BCUT2D eigenvalue weighted by Crippen LogP contribution is 2.26. The molecule has 0 bridgehead atoms. The maximum atomic E-state index is 3.54. The van der Waals surface area contributed by atoms with Crippen LogP contribution in [0.1, 0.15) is 5.56 Å². The summed E-state index contributed by atoms with van der Waals surface area (Å²) in [5.41, 5.74) is 3.93. The first-order valence-corrected chi connectivity index (χ1v) is 6.91. The van der Waals surface area contributed by atoms with Gasteiger partial charge in [-0.1, -0.05) is 52.3 Å². The van der Waals surface area contributed by atoms with Crippen LogP contribution in [-0.4, -0.2) is 0 Å². The molecule has 0 spiro atoms. The van der Waals surface area contributed by atoms with Crippen LogP contribution >= 0.6 is 38.5 Å². The highest BCUT2D eigenvalue weighted by atomic mass is 127. The van der Waals surface area contributed by atoms with Crippen molar-refractivity contribution in [1.82, 2.24) is 0 Å². The normalized spacial score (nSPS) is 10.3. The van der Waals surface area contributed by atoms with E-state index in [2.05, 4.69) is 81.0 Å². The van der Waals surface area contributed by atoms with Crippen LogP contribution in [0.5, 0.6) is 0 Å². The van der Waals surface area contributed by atoms with Crippen LogP contribution in [0.2, 0.25) is 0 Å². The Morgan fingerprint density at radius 2 is 1.73 bits per heavy atom. The van der Waals surface area contributed by atoms with E-state index in [0.717, 1.165) is 5.33 Å². The molecule has 2 aromatic rings. The maximum absolute atomic E-state index is 3.54. The van der Waals surface area contributed by atoms with E-state index in [4.69, 9.17) is 0 Å². The second kappa shape index (κ2) is 5.12. The Kier molecular flexibility index (Phi) is 3.81. The fraction of sp³-hybridized carbons (Fsp3) is 0.0769. The number of rotatable bonds is 2. The Morgan fingerprint density at radius 3 is 2.40 bits per heavy atom. The van der Waals surface area contributed by atoms with Gasteiger partial charge in [0, 0.05) is 8.90 Å². The average molecular weight is 373 g/mol. The van der Waals surface area contributed by atoms with E-state index >= 15 is 0 Å². The molecule has 0 saturated carbocycles. The zero-order valence-electron chi connectivity index (χ0n) is 8.08. The molecule has 0 radical (unpaired) electrons. The van der Waals surface area contributed by atoms with Gasteiger partial charge in [-0.2, -0.15) is 0 Å². The van der Waals surface area contributed by atoms with Crippen LogP contribution in [0.4, 0.5) is 0 Å². The summed E-state index contributed by atoms with van der Waals surface area (Å²) in [5.74, 6) is 0. The Bertz CT molecular complexity index is 451. The van der Waals surface area contributed by atoms with Gasteiger partial charge in [-0.15, -0.1) is 0 Å². The number of alkyl halides is 1. The van der Waals surface area contributed by atoms with Gasteiger partial charge in [-0.3, -0.25) is 0 Å². The quantitative estimate of drug-likeness (QED) is 0.522. The Hall–Kier alpha value is -0.350. The minimum absolute atomic E-state index is 0.897. The van der Waals surface area contributed by atoms with E-state index in [0.29, 0.717) is 0 Å². The molecule has 0 nitrogen and oxygen atoms in total. The van der Waals surface area contributed by atoms with Gasteiger partial charge in [0.15, 0.2) is 0 Å². The lowest BCUT2D eigenvalue weighted by atomic mass is 10.0. The van der Waals surface area contributed by atoms with Crippen LogP contribution in [0.3, 0.4) is 0 Å². The molecule has 0 atom stereocenters. The van der Waals surface area contributed by atoms with Gasteiger partial charge in [0.1, 0.15) is 0 Å². The van der Waals surface area contributed by atoms with Crippen molar-refractivity contribution in [2.75, 3.05) is 0 Å². The van der Waals surface area contributed by atoms with Gasteiger partial charge in [-0.25, -0.2) is 0 Å². The van der Waals surface area contributed by atoms with Gasteiger partial charge < -0.3 is 0 Å². The lowest BCUT2D eigenvalue weighted by Crippen LogP contribution is -1.87. The standard InChI is InChI=1S/C13H10BrI/c14-9-11-8-12(15)6-7-13(11)10-4-2-1-3-5-10/h1-8H,9H2. The van der Waals surface area contributed by atoms with E-state index < -0.39 is 0 Å². The molecular formula is C13H10BrI. The zero-order valence-corrected chi connectivity index (χ0v) is 11.8. The predicted octanol–water partition coefficient (Wildman–Crippen LogP) is 4.85. The molecule has 2 aromatic carbocycles. The smallest absolute Gasteiger partial charge is 0.0289 e. The van der Waals surface area contributed by atoms with E-state index in [1.807, 2.05) is 6.07 Å². The van der Waals surface area contributed by atoms with Crippen molar-refractivity contribution < 1.29 is 0 Å². The number of hydrogen-bond donors (Lipinski definition) is 0. The van der Waals surface area contributed by atoms with E-state index in [-0.39, 0.29) is 0 Å². The Morgan fingerprint density at radius 1 is 1.00 bits per heavy atom. The molecule has 0 unspecified atom stereocenters. The van der Waals surface area contributed by atoms with Crippen molar-refractivity contribution in [3.63, 3.8) is 0 Å². The lowest BCUT2D eigenvalue weighted by Gasteiger charge is -2.07. The summed E-state index contributed by atoms with van der Waals surface area (Å²) in [5, 5.41) is 0.897. The van der Waals surface area contributed by atoms with Crippen LogP contribution in [0, 0.1) is 3.57 Å². The van der Waals surface area contributed by atoms with Crippen LogP contribution < -0.4 is 0 Å². The third kappa shape index (κ3) is 2.61. The molecular weight excluding hydrogens is 363 g/mol. The monoisotopic (exact) mass is 372 g/mol. The summed E-state index contributed by atoms with van der Waals surface area (Å²) in [6.45, 7) is 0. The topological polar surface area (TPSA) is 0 Å². The SMILES string of the molecule is BrCc1cc(I)ccc1-c1ccccc1. The van der Waals surface area contributed by atoms with Crippen molar-refractivity contribution in [2.45, 2.75) is 5.33 Å². The first-order chi connectivity index (χ1) is 7.31. The molecule has 0 heterocycles. The zero-order chi connectivity index (χ0) is 10.7. The van der Waals surface area contributed by atoms with Crippen molar-refractivity contribution in [1.29, 1.82) is 0 Å². The summed E-state index contributed by atoms with van der Waals surface area (Å²) in [6, 6.07) is 17.0. The van der Waals surface area contributed by atoms with Crippen LogP contribution in [0.25, 0.3) is 11.1 Å². The third-order valence-electron chi connectivity index (χ3n) is 2.30. The Labute approximate surface area is 112 Å². The summed E-state index contributed by atoms with van der Waals surface area (Å²) >= 11 is 5.88. The Balaban J connectivity index is 2.53. The molecule has 2 heteroatoms. The largest absolute Gasteiger partial charge is 0.0876 e. The molecule has 0 amide bonds. The van der Waals surface area contributed by atoms with Crippen LogP contribution in [0.15, 0.2) is 48.5 Å². The van der Waals surface area contributed by atoms with Gasteiger partial charge in [0.25, 0.3) is 0 Å². The van der Waals surface area contributed by atoms with Gasteiger partial charge in [0.05, 0.1) is 0 Å².